The fourth-order valence-corrected chi connectivity index (χ4v) is 3.78. The lowest BCUT2D eigenvalue weighted by Crippen LogP contribution is -2.36. The molecule has 154 valence electrons. The van der Waals surface area contributed by atoms with Crippen LogP contribution in [0.3, 0.4) is 0 Å². The van der Waals surface area contributed by atoms with E-state index in [4.69, 9.17) is 4.74 Å². The van der Waals surface area contributed by atoms with Gasteiger partial charge in [-0.15, -0.1) is 0 Å². The quantitative estimate of drug-likeness (QED) is 0.547. The number of amides is 3. The summed E-state index contributed by atoms with van der Waals surface area (Å²) in [7, 11) is 0. The van der Waals surface area contributed by atoms with E-state index < -0.39 is 17.1 Å². The smallest absolute Gasteiger partial charge is 0.294 e. The number of hydrogen-bond donors (Lipinski definition) is 1. The number of carbonyl (C=O) groups is 3. The van der Waals surface area contributed by atoms with E-state index in [2.05, 4.69) is 5.32 Å². The first-order valence-electron chi connectivity index (χ1n) is 9.52. The maximum absolute atomic E-state index is 12.7. The predicted molar refractivity (Wildman–Crippen MR) is 121 cm³/mol. The Morgan fingerprint density at radius 1 is 0.903 bits per heavy atom. The molecule has 6 nitrogen and oxygen atoms in total. The van der Waals surface area contributed by atoms with Crippen LogP contribution in [-0.2, 0) is 9.59 Å². The highest BCUT2D eigenvalue weighted by Gasteiger charge is 2.36. The van der Waals surface area contributed by atoms with Crippen molar-refractivity contribution in [1.29, 1.82) is 0 Å². The molecule has 0 aromatic heterocycles. The molecule has 0 bridgehead atoms. The van der Waals surface area contributed by atoms with Crippen LogP contribution in [0.2, 0.25) is 0 Å². The fourth-order valence-electron chi connectivity index (χ4n) is 2.95. The lowest BCUT2D eigenvalue weighted by molar-refractivity contribution is -0.127. The number of hydrogen-bond acceptors (Lipinski definition) is 5. The normalized spacial score (nSPS) is 14.7. The van der Waals surface area contributed by atoms with Gasteiger partial charge in [0.05, 0.1) is 4.91 Å². The zero-order valence-electron chi connectivity index (χ0n) is 16.4. The van der Waals surface area contributed by atoms with Gasteiger partial charge in [0.15, 0.2) is 0 Å². The molecule has 1 aliphatic rings. The number of imide groups is 1. The minimum Gasteiger partial charge on any atom is -0.457 e. The third-order valence-corrected chi connectivity index (χ3v) is 5.28. The van der Waals surface area contributed by atoms with Crippen LogP contribution < -0.4 is 10.1 Å². The molecule has 4 rings (SSSR count). The second-order valence-corrected chi connectivity index (χ2v) is 7.66. The number of para-hydroxylation sites is 2. The Balaban J connectivity index is 1.44. The molecule has 1 N–H and O–H groups in total. The van der Waals surface area contributed by atoms with Crippen LogP contribution in [0.15, 0.2) is 89.8 Å². The second-order valence-electron chi connectivity index (χ2n) is 6.67. The van der Waals surface area contributed by atoms with Gasteiger partial charge in [0.2, 0.25) is 5.91 Å². The summed E-state index contributed by atoms with van der Waals surface area (Å²) in [4.78, 5) is 38.4. The fraction of sp³-hybridized carbons (Fsp3) is 0.0417. The van der Waals surface area contributed by atoms with Crippen LogP contribution >= 0.6 is 11.8 Å². The number of nitrogens with one attached hydrogen (secondary N) is 1. The Labute approximate surface area is 183 Å². The average molecular weight is 430 g/mol. The molecule has 1 fully saturated rings. The maximum Gasteiger partial charge on any atom is 0.294 e. The lowest BCUT2D eigenvalue weighted by Gasteiger charge is -2.12. The Morgan fingerprint density at radius 3 is 2.32 bits per heavy atom. The predicted octanol–water partition coefficient (Wildman–Crippen LogP) is 5.15. The van der Waals surface area contributed by atoms with Crippen molar-refractivity contribution in [2.75, 3.05) is 11.9 Å². The van der Waals surface area contributed by atoms with E-state index in [0.29, 0.717) is 22.7 Å². The van der Waals surface area contributed by atoms with Crippen molar-refractivity contribution in [2.24, 2.45) is 0 Å². The summed E-state index contributed by atoms with van der Waals surface area (Å²) < 4.78 is 5.81. The maximum atomic E-state index is 12.7. The van der Waals surface area contributed by atoms with Gasteiger partial charge in [-0.05, 0) is 59.8 Å². The third-order valence-electron chi connectivity index (χ3n) is 4.37. The molecule has 0 radical (unpaired) electrons. The van der Waals surface area contributed by atoms with Gasteiger partial charge in [-0.25, -0.2) is 0 Å². The minimum absolute atomic E-state index is 0.259. The SMILES string of the molecule is O=C(CN1C(=O)S/C(=C\c2cccc(Oc3ccccc3)c2)C1=O)Nc1ccccc1. The summed E-state index contributed by atoms with van der Waals surface area (Å²) in [5, 5.41) is 2.20. The van der Waals surface area contributed by atoms with Gasteiger partial charge in [0.1, 0.15) is 18.0 Å². The van der Waals surface area contributed by atoms with Crippen molar-refractivity contribution in [3.05, 3.63) is 95.4 Å². The summed E-state index contributed by atoms with van der Waals surface area (Å²) in [5.74, 6) is 0.381. The molecule has 7 heteroatoms. The molecule has 31 heavy (non-hydrogen) atoms. The van der Waals surface area contributed by atoms with E-state index in [-0.39, 0.29) is 11.4 Å². The van der Waals surface area contributed by atoms with E-state index in [1.54, 1.807) is 36.4 Å². The molecule has 0 atom stereocenters. The van der Waals surface area contributed by atoms with Crippen molar-refractivity contribution < 1.29 is 19.1 Å². The average Bonchev–Trinajstić information content (AvgIpc) is 3.03. The first-order chi connectivity index (χ1) is 15.1. The molecular weight excluding hydrogens is 412 g/mol. The Morgan fingerprint density at radius 2 is 1.58 bits per heavy atom. The molecule has 0 spiro atoms. The van der Waals surface area contributed by atoms with Crippen molar-refractivity contribution in [3.63, 3.8) is 0 Å². The van der Waals surface area contributed by atoms with E-state index in [1.807, 2.05) is 54.6 Å². The third kappa shape index (κ3) is 5.21. The van der Waals surface area contributed by atoms with Crippen molar-refractivity contribution in [2.45, 2.75) is 0 Å². The minimum atomic E-state index is -0.493. The zero-order chi connectivity index (χ0) is 21.6. The van der Waals surface area contributed by atoms with Crippen molar-refractivity contribution in [3.8, 4) is 11.5 Å². The van der Waals surface area contributed by atoms with Gasteiger partial charge in [0, 0.05) is 5.69 Å². The highest BCUT2D eigenvalue weighted by Crippen LogP contribution is 2.33. The van der Waals surface area contributed by atoms with Gasteiger partial charge in [-0.1, -0.05) is 48.5 Å². The Hall–Kier alpha value is -3.84. The number of ether oxygens (including phenoxy) is 1. The lowest BCUT2D eigenvalue weighted by atomic mass is 10.2. The van der Waals surface area contributed by atoms with E-state index in [9.17, 15) is 14.4 Å². The molecule has 0 unspecified atom stereocenters. The van der Waals surface area contributed by atoms with Crippen LogP contribution in [0.4, 0.5) is 10.5 Å². The highest BCUT2D eigenvalue weighted by molar-refractivity contribution is 8.18. The van der Waals surface area contributed by atoms with Crippen LogP contribution in [0.25, 0.3) is 6.08 Å². The first kappa shape index (κ1) is 20.4. The molecule has 0 saturated carbocycles. The summed E-state index contributed by atoms with van der Waals surface area (Å²) in [6.45, 7) is -0.339. The molecule has 3 amide bonds. The molecule has 1 heterocycles. The summed E-state index contributed by atoms with van der Waals surface area (Å²) in [6.07, 6.45) is 1.62. The molecule has 3 aromatic rings. The number of anilines is 1. The summed E-state index contributed by atoms with van der Waals surface area (Å²) >= 11 is 0.812. The highest BCUT2D eigenvalue weighted by atomic mass is 32.2. The van der Waals surface area contributed by atoms with Crippen LogP contribution in [0, 0.1) is 0 Å². The van der Waals surface area contributed by atoms with E-state index in [1.165, 1.54) is 0 Å². The van der Waals surface area contributed by atoms with Gasteiger partial charge < -0.3 is 10.1 Å². The molecule has 3 aromatic carbocycles. The van der Waals surface area contributed by atoms with Crippen LogP contribution in [0.1, 0.15) is 5.56 Å². The van der Waals surface area contributed by atoms with Gasteiger partial charge in [-0.2, -0.15) is 0 Å². The molecule has 1 saturated heterocycles. The first-order valence-corrected chi connectivity index (χ1v) is 10.3. The number of rotatable bonds is 6. The molecule has 1 aliphatic heterocycles. The van der Waals surface area contributed by atoms with Crippen LogP contribution in [0.5, 0.6) is 11.5 Å². The topological polar surface area (TPSA) is 75.7 Å². The Kier molecular flexibility index (Phi) is 6.14. The van der Waals surface area contributed by atoms with Gasteiger partial charge in [0.25, 0.3) is 11.1 Å². The Bertz CT molecular complexity index is 1150. The number of thioether (sulfide) groups is 1. The van der Waals surface area contributed by atoms with Gasteiger partial charge in [-0.3, -0.25) is 19.3 Å². The summed E-state index contributed by atoms with van der Waals surface area (Å²) in [6, 6.07) is 25.4. The molecular formula is C24H18N2O4S. The van der Waals surface area contributed by atoms with Gasteiger partial charge >= 0.3 is 0 Å². The standard InChI is InChI=1S/C24H18N2O4S/c27-22(25-18-9-3-1-4-10-18)16-26-23(28)21(31-24(26)29)15-17-8-7-13-20(14-17)30-19-11-5-2-6-12-19/h1-15H,16H2,(H,25,27)/b21-15-. The second kappa shape index (κ2) is 9.32. The monoisotopic (exact) mass is 430 g/mol. The van der Waals surface area contributed by atoms with Crippen molar-refractivity contribution in [1.82, 2.24) is 4.90 Å². The van der Waals surface area contributed by atoms with Crippen LogP contribution in [-0.4, -0.2) is 28.5 Å². The number of nitrogens with zero attached hydrogens (tertiary/aromatic N) is 1. The molecule has 0 aliphatic carbocycles. The largest absolute Gasteiger partial charge is 0.457 e. The van der Waals surface area contributed by atoms with E-state index >= 15 is 0 Å². The van der Waals surface area contributed by atoms with E-state index in [0.717, 1.165) is 16.7 Å². The van der Waals surface area contributed by atoms with Crippen molar-refractivity contribution >= 4 is 40.6 Å². The number of carbonyl (C=O) groups excluding carboxylic acids is 3. The zero-order valence-corrected chi connectivity index (χ0v) is 17.2. The number of benzene rings is 3. The summed E-state index contributed by atoms with van der Waals surface area (Å²) in [5.41, 5.74) is 1.32.